The Balaban J connectivity index is 2.17. The van der Waals surface area contributed by atoms with E-state index in [1.54, 1.807) is 6.07 Å². The molecule has 0 radical (unpaired) electrons. The van der Waals surface area contributed by atoms with Crippen LogP contribution in [0.5, 0.6) is 5.75 Å². The first-order valence-electron chi connectivity index (χ1n) is 6.97. The summed E-state index contributed by atoms with van der Waals surface area (Å²) in [7, 11) is 0. The van der Waals surface area contributed by atoms with Crippen molar-refractivity contribution in [1.29, 1.82) is 0 Å². The lowest BCUT2D eigenvalue weighted by Crippen LogP contribution is -2.29. The van der Waals surface area contributed by atoms with Gasteiger partial charge in [-0.1, -0.05) is 41.5 Å². The van der Waals surface area contributed by atoms with Crippen LogP contribution in [0.4, 0.5) is 0 Å². The molecule has 0 aliphatic rings. The molecular weight excluding hydrogens is 264 g/mol. The van der Waals surface area contributed by atoms with Gasteiger partial charge in [-0.05, 0) is 44.0 Å². The Hall–Kier alpha value is -2.29. The van der Waals surface area contributed by atoms with Crippen molar-refractivity contribution in [1.82, 2.24) is 0 Å². The summed E-state index contributed by atoms with van der Waals surface area (Å²) in [5.41, 5.74) is 4.28. The van der Waals surface area contributed by atoms with Gasteiger partial charge in [-0.3, -0.25) is 0 Å². The molecule has 1 N–H and O–H groups in total. The summed E-state index contributed by atoms with van der Waals surface area (Å²) in [6.07, 6.45) is -0.529. The van der Waals surface area contributed by atoms with Crippen molar-refractivity contribution in [2.45, 2.75) is 33.3 Å². The van der Waals surface area contributed by atoms with Crippen LogP contribution in [0.15, 0.2) is 42.5 Å². The Morgan fingerprint density at radius 1 is 1.05 bits per heavy atom. The third-order valence-corrected chi connectivity index (χ3v) is 3.25. The number of aliphatic carboxylic acids is 1. The van der Waals surface area contributed by atoms with Crippen molar-refractivity contribution in [3.8, 4) is 5.75 Å². The predicted molar refractivity (Wildman–Crippen MR) is 82.9 cm³/mol. The van der Waals surface area contributed by atoms with E-state index in [0.29, 0.717) is 12.2 Å². The second-order valence-corrected chi connectivity index (χ2v) is 5.46. The molecular formula is C18H20O3. The summed E-state index contributed by atoms with van der Waals surface area (Å²) in [6, 6.07) is 13.5. The third kappa shape index (κ3) is 4.35. The van der Waals surface area contributed by atoms with Gasteiger partial charge in [0.25, 0.3) is 0 Å². The van der Waals surface area contributed by atoms with E-state index in [1.165, 1.54) is 0 Å². The first kappa shape index (κ1) is 15.1. The maximum Gasteiger partial charge on any atom is 0.345 e. The van der Waals surface area contributed by atoms with Crippen LogP contribution in [0.25, 0.3) is 0 Å². The van der Waals surface area contributed by atoms with Crippen molar-refractivity contribution in [3.05, 3.63) is 64.7 Å². The molecule has 0 amide bonds. The van der Waals surface area contributed by atoms with Crippen molar-refractivity contribution < 1.29 is 14.6 Å². The monoisotopic (exact) mass is 284 g/mol. The molecule has 21 heavy (non-hydrogen) atoms. The average Bonchev–Trinajstić information content (AvgIpc) is 2.36. The summed E-state index contributed by atoms with van der Waals surface area (Å²) in [5, 5.41) is 9.38. The lowest BCUT2D eigenvalue weighted by Gasteiger charge is -2.16. The van der Waals surface area contributed by atoms with Crippen LogP contribution in [0.2, 0.25) is 0 Å². The van der Waals surface area contributed by atoms with Crippen LogP contribution in [-0.4, -0.2) is 17.2 Å². The number of ether oxygens (including phenoxy) is 1. The molecule has 0 bridgehead atoms. The zero-order chi connectivity index (χ0) is 15.4. The van der Waals surface area contributed by atoms with Gasteiger partial charge in [-0.25, -0.2) is 4.79 Å². The number of rotatable bonds is 5. The standard InChI is InChI=1S/C18H20O3/c1-12-5-4-6-16(10-12)21-17(18(19)20)11-15-8-13(2)7-14(3)9-15/h4-10,17H,11H2,1-3H3,(H,19,20)/t17-/m1/s1. The topological polar surface area (TPSA) is 46.5 Å². The van der Waals surface area contributed by atoms with Gasteiger partial charge in [-0.2, -0.15) is 0 Å². The molecule has 0 spiro atoms. The number of carbonyl (C=O) groups is 1. The molecule has 0 saturated heterocycles. The van der Waals surface area contributed by atoms with E-state index in [9.17, 15) is 9.90 Å². The van der Waals surface area contributed by atoms with Gasteiger partial charge in [0.15, 0.2) is 6.10 Å². The van der Waals surface area contributed by atoms with Crippen LogP contribution < -0.4 is 4.74 Å². The molecule has 0 heterocycles. The van der Waals surface area contributed by atoms with Crippen molar-refractivity contribution in [3.63, 3.8) is 0 Å². The van der Waals surface area contributed by atoms with Crippen molar-refractivity contribution in [2.24, 2.45) is 0 Å². The molecule has 2 aromatic carbocycles. The molecule has 3 nitrogen and oxygen atoms in total. The van der Waals surface area contributed by atoms with E-state index in [0.717, 1.165) is 22.3 Å². The average molecular weight is 284 g/mol. The molecule has 2 aromatic rings. The third-order valence-electron chi connectivity index (χ3n) is 3.25. The highest BCUT2D eigenvalue weighted by atomic mass is 16.5. The van der Waals surface area contributed by atoms with Crippen LogP contribution in [-0.2, 0) is 11.2 Å². The minimum absolute atomic E-state index is 0.353. The van der Waals surface area contributed by atoms with E-state index in [4.69, 9.17) is 4.74 Å². The number of aryl methyl sites for hydroxylation is 3. The number of carboxylic acids is 1. The lowest BCUT2D eigenvalue weighted by atomic mass is 10.0. The Kier molecular flexibility index (Phi) is 4.63. The second kappa shape index (κ2) is 6.44. The van der Waals surface area contributed by atoms with Crippen LogP contribution in [0.1, 0.15) is 22.3 Å². The molecule has 0 fully saturated rings. The Morgan fingerprint density at radius 3 is 2.29 bits per heavy atom. The van der Waals surface area contributed by atoms with Gasteiger partial charge < -0.3 is 9.84 Å². The number of carboxylic acid groups (broad SMARTS) is 1. The van der Waals surface area contributed by atoms with Gasteiger partial charge in [0.1, 0.15) is 5.75 Å². The Labute approximate surface area is 125 Å². The maximum absolute atomic E-state index is 11.4. The van der Waals surface area contributed by atoms with Gasteiger partial charge in [0.2, 0.25) is 0 Å². The predicted octanol–water partition coefficient (Wildman–Crippen LogP) is 3.69. The molecule has 0 unspecified atom stereocenters. The summed E-state index contributed by atoms with van der Waals surface area (Å²) < 4.78 is 5.64. The normalized spacial score (nSPS) is 12.0. The number of hydrogen-bond donors (Lipinski definition) is 1. The van der Waals surface area contributed by atoms with Crippen molar-refractivity contribution >= 4 is 5.97 Å². The Bertz CT molecular complexity index is 626. The molecule has 0 aliphatic carbocycles. The van der Waals surface area contributed by atoms with Crippen molar-refractivity contribution in [2.75, 3.05) is 0 Å². The minimum atomic E-state index is -0.948. The molecule has 0 aliphatic heterocycles. The van der Waals surface area contributed by atoms with Crippen LogP contribution in [0.3, 0.4) is 0 Å². The molecule has 0 saturated carbocycles. The second-order valence-electron chi connectivity index (χ2n) is 5.46. The largest absolute Gasteiger partial charge is 0.478 e. The molecule has 0 aromatic heterocycles. The lowest BCUT2D eigenvalue weighted by molar-refractivity contribution is -0.145. The quantitative estimate of drug-likeness (QED) is 0.911. The van der Waals surface area contributed by atoms with E-state index in [2.05, 4.69) is 6.07 Å². The van der Waals surface area contributed by atoms with E-state index in [-0.39, 0.29) is 0 Å². The Morgan fingerprint density at radius 2 is 1.71 bits per heavy atom. The van der Waals surface area contributed by atoms with E-state index >= 15 is 0 Å². The van der Waals surface area contributed by atoms with Crippen LogP contribution >= 0.6 is 0 Å². The summed E-state index contributed by atoms with van der Waals surface area (Å²) in [4.78, 5) is 11.4. The smallest absolute Gasteiger partial charge is 0.345 e. The maximum atomic E-state index is 11.4. The fourth-order valence-electron chi connectivity index (χ4n) is 2.43. The van der Waals surface area contributed by atoms with Gasteiger partial charge in [0.05, 0.1) is 0 Å². The molecule has 1 atom stereocenters. The van der Waals surface area contributed by atoms with Gasteiger partial charge >= 0.3 is 5.97 Å². The van der Waals surface area contributed by atoms with Gasteiger partial charge in [0, 0.05) is 6.42 Å². The summed E-state index contributed by atoms with van der Waals surface area (Å²) in [5.74, 6) is -0.359. The van der Waals surface area contributed by atoms with Gasteiger partial charge in [-0.15, -0.1) is 0 Å². The SMILES string of the molecule is Cc1cc(C)cc(C[C@@H](Oc2cccc(C)c2)C(=O)O)c1. The fraction of sp³-hybridized carbons (Fsp3) is 0.278. The highest BCUT2D eigenvalue weighted by Gasteiger charge is 2.20. The summed E-state index contributed by atoms with van der Waals surface area (Å²) in [6.45, 7) is 5.97. The molecule has 110 valence electrons. The van der Waals surface area contributed by atoms with E-state index < -0.39 is 12.1 Å². The fourth-order valence-corrected chi connectivity index (χ4v) is 2.43. The van der Waals surface area contributed by atoms with Crippen LogP contribution in [0, 0.1) is 20.8 Å². The highest BCUT2D eigenvalue weighted by Crippen LogP contribution is 2.18. The summed E-state index contributed by atoms with van der Waals surface area (Å²) >= 11 is 0. The molecule has 2 rings (SSSR count). The zero-order valence-corrected chi connectivity index (χ0v) is 12.6. The zero-order valence-electron chi connectivity index (χ0n) is 12.6. The highest BCUT2D eigenvalue weighted by molar-refractivity contribution is 5.73. The number of hydrogen-bond acceptors (Lipinski definition) is 2. The van der Waals surface area contributed by atoms with E-state index in [1.807, 2.05) is 51.1 Å². The number of benzene rings is 2. The first-order valence-corrected chi connectivity index (χ1v) is 6.97. The molecule has 3 heteroatoms. The minimum Gasteiger partial charge on any atom is -0.478 e. The first-order chi connectivity index (χ1) is 9.94.